The van der Waals surface area contributed by atoms with Crippen LogP contribution in [0.1, 0.15) is 26.4 Å². The van der Waals surface area contributed by atoms with Gasteiger partial charge in [0.1, 0.15) is 0 Å². The first kappa shape index (κ1) is 16.9. The SMILES string of the molecule is Cc1cc(Nc2ccc(C(=O)N3CCOCC3)cc2)c(C(N)=O)cn1. The second-order valence-electron chi connectivity index (χ2n) is 5.84. The summed E-state index contributed by atoms with van der Waals surface area (Å²) in [7, 11) is 0. The van der Waals surface area contributed by atoms with Crippen LogP contribution in [0.2, 0.25) is 0 Å². The first-order valence-electron chi connectivity index (χ1n) is 8.05. The standard InChI is InChI=1S/C18H20N4O3/c1-12-10-16(15(11-20-12)17(19)23)21-14-4-2-13(3-5-14)18(24)22-6-8-25-9-7-22/h2-5,10-11H,6-9H2,1H3,(H2,19,23)(H,20,21). The summed E-state index contributed by atoms with van der Waals surface area (Å²) in [5.41, 5.74) is 8.44. The molecule has 3 N–H and O–H groups in total. The Labute approximate surface area is 145 Å². The minimum atomic E-state index is -0.547. The van der Waals surface area contributed by atoms with Gasteiger partial charge in [0.05, 0.1) is 24.5 Å². The lowest BCUT2D eigenvalue weighted by atomic mass is 10.1. The molecule has 2 amide bonds. The molecular weight excluding hydrogens is 320 g/mol. The second kappa shape index (κ2) is 7.31. The van der Waals surface area contributed by atoms with E-state index in [0.29, 0.717) is 43.1 Å². The Morgan fingerprint density at radius 3 is 2.52 bits per heavy atom. The zero-order valence-electron chi connectivity index (χ0n) is 14.0. The van der Waals surface area contributed by atoms with Crippen molar-refractivity contribution < 1.29 is 14.3 Å². The monoisotopic (exact) mass is 340 g/mol. The normalized spacial score (nSPS) is 14.2. The number of nitrogens with two attached hydrogens (primary N) is 1. The van der Waals surface area contributed by atoms with Gasteiger partial charge in [0.2, 0.25) is 0 Å². The molecule has 1 saturated heterocycles. The molecule has 1 aliphatic heterocycles. The van der Waals surface area contributed by atoms with Gasteiger partial charge in [-0.2, -0.15) is 0 Å². The number of nitrogens with zero attached hydrogens (tertiary/aromatic N) is 2. The van der Waals surface area contributed by atoms with Gasteiger partial charge < -0.3 is 20.7 Å². The molecule has 130 valence electrons. The molecule has 2 aromatic rings. The molecule has 1 aliphatic rings. The van der Waals surface area contributed by atoms with Crippen molar-refractivity contribution in [3.05, 3.63) is 53.3 Å². The highest BCUT2D eigenvalue weighted by Gasteiger charge is 2.18. The van der Waals surface area contributed by atoms with Crippen molar-refractivity contribution in [1.29, 1.82) is 0 Å². The van der Waals surface area contributed by atoms with Gasteiger partial charge in [0.15, 0.2) is 0 Å². The number of hydrogen-bond acceptors (Lipinski definition) is 5. The first-order chi connectivity index (χ1) is 12.0. The van der Waals surface area contributed by atoms with Gasteiger partial charge in [-0.1, -0.05) is 0 Å². The van der Waals surface area contributed by atoms with E-state index in [4.69, 9.17) is 10.5 Å². The summed E-state index contributed by atoms with van der Waals surface area (Å²) < 4.78 is 5.26. The Bertz CT molecular complexity index is 783. The van der Waals surface area contributed by atoms with Crippen molar-refractivity contribution in [2.45, 2.75) is 6.92 Å². The number of aromatic nitrogens is 1. The summed E-state index contributed by atoms with van der Waals surface area (Å²) in [6.07, 6.45) is 1.45. The summed E-state index contributed by atoms with van der Waals surface area (Å²) in [4.78, 5) is 29.8. The number of anilines is 2. The van der Waals surface area contributed by atoms with E-state index in [9.17, 15) is 9.59 Å². The zero-order valence-corrected chi connectivity index (χ0v) is 14.0. The molecule has 1 aromatic carbocycles. The van der Waals surface area contributed by atoms with Gasteiger partial charge in [-0.15, -0.1) is 0 Å². The molecule has 1 fully saturated rings. The van der Waals surface area contributed by atoms with Gasteiger partial charge in [-0.25, -0.2) is 0 Å². The molecule has 0 atom stereocenters. The van der Waals surface area contributed by atoms with Crippen molar-refractivity contribution in [1.82, 2.24) is 9.88 Å². The molecule has 0 aliphatic carbocycles. The summed E-state index contributed by atoms with van der Waals surface area (Å²) >= 11 is 0. The number of aryl methyl sites for hydroxylation is 1. The van der Waals surface area contributed by atoms with Crippen LogP contribution >= 0.6 is 0 Å². The van der Waals surface area contributed by atoms with Crippen molar-refractivity contribution in [2.24, 2.45) is 5.73 Å². The average molecular weight is 340 g/mol. The third-order valence-corrected chi connectivity index (χ3v) is 4.02. The molecule has 1 aromatic heterocycles. The highest BCUT2D eigenvalue weighted by molar-refractivity contribution is 5.99. The first-order valence-corrected chi connectivity index (χ1v) is 8.05. The summed E-state index contributed by atoms with van der Waals surface area (Å²) in [5.74, 6) is -0.554. The Kier molecular flexibility index (Phi) is 4.95. The van der Waals surface area contributed by atoms with Crippen molar-refractivity contribution in [3.63, 3.8) is 0 Å². The molecule has 25 heavy (non-hydrogen) atoms. The predicted molar refractivity (Wildman–Crippen MR) is 93.9 cm³/mol. The summed E-state index contributed by atoms with van der Waals surface area (Å²) in [5, 5.41) is 3.15. The van der Waals surface area contributed by atoms with Crippen LogP contribution in [0.5, 0.6) is 0 Å². The van der Waals surface area contributed by atoms with Gasteiger partial charge in [-0.05, 0) is 37.3 Å². The topological polar surface area (TPSA) is 97.5 Å². The molecule has 0 bridgehead atoms. The molecule has 7 nitrogen and oxygen atoms in total. The smallest absolute Gasteiger partial charge is 0.254 e. The molecule has 0 saturated carbocycles. The Balaban J connectivity index is 1.76. The number of nitrogens with one attached hydrogen (secondary N) is 1. The molecule has 7 heteroatoms. The maximum Gasteiger partial charge on any atom is 0.254 e. The maximum absolute atomic E-state index is 12.4. The van der Waals surface area contributed by atoms with Crippen LogP contribution in [0, 0.1) is 6.92 Å². The molecule has 0 unspecified atom stereocenters. The van der Waals surface area contributed by atoms with Crippen LogP contribution in [0.3, 0.4) is 0 Å². The van der Waals surface area contributed by atoms with Gasteiger partial charge in [0.25, 0.3) is 11.8 Å². The fourth-order valence-corrected chi connectivity index (χ4v) is 2.66. The van der Waals surface area contributed by atoms with E-state index in [0.717, 1.165) is 11.4 Å². The minimum Gasteiger partial charge on any atom is -0.378 e. The number of morpholine rings is 1. The van der Waals surface area contributed by atoms with Crippen LogP contribution in [0.4, 0.5) is 11.4 Å². The number of ether oxygens (including phenoxy) is 1. The number of rotatable bonds is 4. The lowest BCUT2D eigenvalue weighted by molar-refractivity contribution is 0.0303. The van der Waals surface area contributed by atoms with Crippen LogP contribution in [0.25, 0.3) is 0 Å². The zero-order chi connectivity index (χ0) is 17.8. The number of carbonyl (C=O) groups excluding carboxylic acids is 2. The van der Waals surface area contributed by atoms with Crippen molar-refractivity contribution >= 4 is 23.2 Å². The number of pyridine rings is 1. The third kappa shape index (κ3) is 3.95. The maximum atomic E-state index is 12.4. The highest BCUT2D eigenvalue weighted by atomic mass is 16.5. The number of carbonyl (C=O) groups is 2. The van der Waals surface area contributed by atoms with E-state index >= 15 is 0 Å². The van der Waals surface area contributed by atoms with Gasteiger partial charge >= 0.3 is 0 Å². The molecule has 2 heterocycles. The van der Waals surface area contributed by atoms with Crippen LogP contribution in [-0.4, -0.2) is 48.0 Å². The average Bonchev–Trinajstić information content (AvgIpc) is 2.62. The number of hydrogen-bond donors (Lipinski definition) is 2. The second-order valence-corrected chi connectivity index (χ2v) is 5.84. The molecule has 0 spiro atoms. The predicted octanol–water partition coefficient (Wildman–Crippen LogP) is 1.70. The Hall–Kier alpha value is -2.93. The van der Waals surface area contributed by atoms with E-state index in [1.807, 2.05) is 6.92 Å². The van der Waals surface area contributed by atoms with Crippen LogP contribution in [-0.2, 0) is 4.74 Å². The number of primary amides is 1. The fraction of sp³-hybridized carbons (Fsp3) is 0.278. The van der Waals surface area contributed by atoms with E-state index in [-0.39, 0.29) is 5.91 Å². The lowest BCUT2D eigenvalue weighted by Crippen LogP contribution is -2.40. The van der Waals surface area contributed by atoms with Crippen LogP contribution in [0.15, 0.2) is 36.5 Å². The molecule has 0 radical (unpaired) electrons. The van der Waals surface area contributed by atoms with Gasteiger partial charge in [0, 0.05) is 36.2 Å². The van der Waals surface area contributed by atoms with E-state index in [1.54, 1.807) is 35.2 Å². The summed E-state index contributed by atoms with van der Waals surface area (Å²) in [6.45, 7) is 4.19. The minimum absolute atomic E-state index is 0.00701. The number of amides is 2. The van der Waals surface area contributed by atoms with Crippen molar-refractivity contribution in [3.8, 4) is 0 Å². The Morgan fingerprint density at radius 2 is 1.88 bits per heavy atom. The molecular formula is C18H20N4O3. The lowest BCUT2D eigenvalue weighted by Gasteiger charge is -2.26. The summed E-state index contributed by atoms with van der Waals surface area (Å²) in [6, 6.07) is 8.88. The van der Waals surface area contributed by atoms with E-state index < -0.39 is 5.91 Å². The molecule has 3 rings (SSSR count). The highest BCUT2D eigenvalue weighted by Crippen LogP contribution is 2.22. The number of benzene rings is 1. The third-order valence-electron chi connectivity index (χ3n) is 4.02. The fourth-order valence-electron chi connectivity index (χ4n) is 2.66. The Morgan fingerprint density at radius 1 is 1.20 bits per heavy atom. The largest absolute Gasteiger partial charge is 0.378 e. The quantitative estimate of drug-likeness (QED) is 0.883. The van der Waals surface area contributed by atoms with E-state index in [2.05, 4.69) is 10.3 Å². The van der Waals surface area contributed by atoms with E-state index in [1.165, 1.54) is 6.20 Å². The van der Waals surface area contributed by atoms with Gasteiger partial charge in [-0.3, -0.25) is 14.6 Å². The van der Waals surface area contributed by atoms with Crippen LogP contribution < -0.4 is 11.1 Å². The van der Waals surface area contributed by atoms with Crippen molar-refractivity contribution in [2.75, 3.05) is 31.6 Å².